The molecule has 0 aromatic carbocycles. The molecule has 0 saturated carbocycles. The zero-order valence-electron chi connectivity index (χ0n) is 8.94. The number of imidazole rings is 1. The molecule has 15 heavy (non-hydrogen) atoms. The van der Waals surface area contributed by atoms with Gasteiger partial charge in [0.2, 0.25) is 0 Å². The van der Waals surface area contributed by atoms with Crippen molar-refractivity contribution < 1.29 is 0 Å². The second-order valence-corrected chi connectivity index (χ2v) is 3.47. The number of nitrogens with two attached hydrogens (primary N) is 1. The van der Waals surface area contributed by atoms with Gasteiger partial charge in [0.1, 0.15) is 5.82 Å². The third kappa shape index (κ3) is 1.64. The molecule has 2 rings (SSSR count). The van der Waals surface area contributed by atoms with Crippen LogP contribution in [0, 0.1) is 6.92 Å². The molecule has 2 heterocycles. The summed E-state index contributed by atoms with van der Waals surface area (Å²) in [5.74, 6) is 0.940. The van der Waals surface area contributed by atoms with E-state index >= 15 is 0 Å². The van der Waals surface area contributed by atoms with Crippen LogP contribution in [0.2, 0.25) is 0 Å². The Bertz CT molecular complexity index is 459. The third-order valence-corrected chi connectivity index (χ3v) is 2.55. The predicted molar refractivity (Wildman–Crippen MR) is 59.1 cm³/mol. The van der Waals surface area contributed by atoms with Gasteiger partial charge in [-0.1, -0.05) is 0 Å². The molecular formula is C11H14N4. The second-order valence-electron chi connectivity index (χ2n) is 3.47. The standard InChI is InChI=1S/C11H14N4/c1-8-10(7-12)15(2)11(14-8)9-3-5-13-6-4-9/h3-6H,7,12H2,1-2H3. The van der Waals surface area contributed by atoms with Crippen molar-refractivity contribution in [2.24, 2.45) is 12.8 Å². The van der Waals surface area contributed by atoms with Crippen molar-refractivity contribution in [2.75, 3.05) is 0 Å². The molecule has 0 aliphatic heterocycles. The molecule has 0 aliphatic carbocycles. The molecule has 0 fully saturated rings. The summed E-state index contributed by atoms with van der Waals surface area (Å²) in [6.07, 6.45) is 3.53. The quantitative estimate of drug-likeness (QED) is 0.797. The zero-order chi connectivity index (χ0) is 10.8. The average Bonchev–Trinajstić information content (AvgIpc) is 2.55. The van der Waals surface area contributed by atoms with E-state index in [-0.39, 0.29) is 0 Å². The lowest BCUT2D eigenvalue weighted by atomic mass is 10.2. The van der Waals surface area contributed by atoms with E-state index in [1.807, 2.05) is 30.7 Å². The molecule has 0 saturated heterocycles. The Labute approximate surface area is 88.8 Å². The highest BCUT2D eigenvalue weighted by Crippen LogP contribution is 2.19. The van der Waals surface area contributed by atoms with Gasteiger partial charge in [-0.2, -0.15) is 0 Å². The maximum Gasteiger partial charge on any atom is 0.140 e. The molecule has 0 atom stereocenters. The van der Waals surface area contributed by atoms with Gasteiger partial charge in [0.25, 0.3) is 0 Å². The number of aryl methyl sites for hydroxylation is 1. The van der Waals surface area contributed by atoms with Gasteiger partial charge in [-0.25, -0.2) is 4.98 Å². The second kappa shape index (κ2) is 3.82. The Morgan fingerprint density at radius 2 is 2.00 bits per heavy atom. The summed E-state index contributed by atoms with van der Waals surface area (Å²) in [6.45, 7) is 2.49. The summed E-state index contributed by atoms with van der Waals surface area (Å²) >= 11 is 0. The van der Waals surface area contributed by atoms with Crippen LogP contribution in [-0.4, -0.2) is 14.5 Å². The smallest absolute Gasteiger partial charge is 0.140 e. The van der Waals surface area contributed by atoms with Crippen LogP contribution in [0.5, 0.6) is 0 Å². The topological polar surface area (TPSA) is 56.7 Å². The van der Waals surface area contributed by atoms with Crippen molar-refractivity contribution in [3.8, 4) is 11.4 Å². The van der Waals surface area contributed by atoms with Crippen molar-refractivity contribution in [3.63, 3.8) is 0 Å². The SMILES string of the molecule is Cc1nc(-c2ccncc2)n(C)c1CN. The van der Waals surface area contributed by atoms with Gasteiger partial charge in [0, 0.05) is 31.5 Å². The van der Waals surface area contributed by atoms with Gasteiger partial charge in [-0.3, -0.25) is 4.98 Å². The molecule has 0 unspecified atom stereocenters. The van der Waals surface area contributed by atoms with Crippen LogP contribution in [0.25, 0.3) is 11.4 Å². The normalized spacial score (nSPS) is 10.6. The minimum atomic E-state index is 0.514. The van der Waals surface area contributed by atoms with E-state index in [1.165, 1.54) is 0 Å². The number of pyridine rings is 1. The molecule has 0 aliphatic rings. The lowest BCUT2D eigenvalue weighted by Gasteiger charge is -2.03. The zero-order valence-corrected chi connectivity index (χ0v) is 8.94. The minimum Gasteiger partial charge on any atom is -0.330 e. The van der Waals surface area contributed by atoms with E-state index in [2.05, 4.69) is 9.97 Å². The highest BCUT2D eigenvalue weighted by Gasteiger charge is 2.10. The molecule has 2 aromatic rings. The minimum absolute atomic E-state index is 0.514. The molecule has 78 valence electrons. The van der Waals surface area contributed by atoms with Gasteiger partial charge in [0.05, 0.1) is 11.4 Å². The summed E-state index contributed by atoms with van der Waals surface area (Å²) in [7, 11) is 1.98. The molecular weight excluding hydrogens is 188 g/mol. The van der Waals surface area contributed by atoms with Crippen LogP contribution in [-0.2, 0) is 13.6 Å². The maximum absolute atomic E-state index is 5.67. The Hall–Kier alpha value is -1.68. The first-order valence-corrected chi connectivity index (χ1v) is 4.86. The Balaban J connectivity index is 2.55. The first-order chi connectivity index (χ1) is 7.24. The molecule has 0 amide bonds. The lowest BCUT2D eigenvalue weighted by Crippen LogP contribution is -2.05. The largest absolute Gasteiger partial charge is 0.330 e. The first-order valence-electron chi connectivity index (χ1n) is 4.86. The Kier molecular flexibility index (Phi) is 2.51. The highest BCUT2D eigenvalue weighted by molar-refractivity contribution is 5.55. The van der Waals surface area contributed by atoms with Gasteiger partial charge >= 0.3 is 0 Å². The summed E-state index contributed by atoms with van der Waals surface area (Å²) in [4.78, 5) is 8.49. The van der Waals surface area contributed by atoms with Crippen molar-refractivity contribution in [2.45, 2.75) is 13.5 Å². The van der Waals surface area contributed by atoms with Crippen molar-refractivity contribution in [1.29, 1.82) is 0 Å². The summed E-state index contributed by atoms with van der Waals surface area (Å²) < 4.78 is 2.03. The monoisotopic (exact) mass is 202 g/mol. The van der Waals surface area contributed by atoms with Gasteiger partial charge < -0.3 is 10.3 Å². The number of hydrogen-bond donors (Lipinski definition) is 1. The summed E-state index contributed by atoms with van der Waals surface area (Å²) in [5.41, 5.74) is 8.80. The van der Waals surface area contributed by atoms with E-state index in [1.54, 1.807) is 12.4 Å². The molecule has 4 heteroatoms. The Morgan fingerprint density at radius 3 is 2.53 bits per heavy atom. The van der Waals surface area contributed by atoms with Crippen LogP contribution in [0.15, 0.2) is 24.5 Å². The van der Waals surface area contributed by atoms with Crippen LogP contribution in [0.4, 0.5) is 0 Å². The van der Waals surface area contributed by atoms with Gasteiger partial charge in [0.15, 0.2) is 0 Å². The van der Waals surface area contributed by atoms with Crippen LogP contribution < -0.4 is 5.73 Å². The number of aromatic nitrogens is 3. The average molecular weight is 202 g/mol. The Morgan fingerprint density at radius 1 is 1.33 bits per heavy atom. The number of hydrogen-bond acceptors (Lipinski definition) is 3. The van der Waals surface area contributed by atoms with E-state index in [0.29, 0.717) is 6.54 Å². The van der Waals surface area contributed by atoms with Crippen molar-refractivity contribution in [1.82, 2.24) is 14.5 Å². The van der Waals surface area contributed by atoms with Crippen LogP contribution in [0.3, 0.4) is 0 Å². The number of nitrogens with zero attached hydrogens (tertiary/aromatic N) is 3. The molecule has 0 bridgehead atoms. The van der Waals surface area contributed by atoms with E-state index in [0.717, 1.165) is 22.8 Å². The fraction of sp³-hybridized carbons (Fsp3) is 0.273. The van der Waals surface area contributed by atoms with Crippen LogP contribution >= 0.6 is 0 Å². The molecule has 4 nitrogen and oxygen atoms in total. The highest BCUT2D eigenvalue weighted by atomic mass is 15.1. The predicted octanol–water partition coefficient (Wildman–Crippen LogP) is 1.25. The lowest BCUT2D eigenvalue weighted by molar-refractivity contribution is 0.823. The summed E-state index contributed by atoms with van der Waals surface area (Å²) in [5, 5.41) is 0. The molecule has 0 radical (unpaired) electrons. The fourth-order valence-corrected chi connectivity index (χ4v) is 1.71. The van der Waals surface area contributed by atoms with Gasteiger partial charge in [-0.05, 0) is 19.1 Å². The van der Waals surface area contributed by atoms with Crippen molar-refractivity contribution >= 4 is 0 Å². The van der Waals surface area contributed by atoms with Crippen molar-refractivity contribution in [3.05, 3.63) is 35.9 Å². The maximum atomic E-state index is 5.67. The molecule has 2 aromatic heterocycles. The van der Waals surface area contributed by atoms with Gasteiger partial charge in [-0.15, -0.1) is 0 Å². The number of rotatable bonds is 2. The first kappa shape index (κ1) is 9.86. The van der Waals surface area contributed by atoms with E-state index < -0.39 is 0 Å². The third-order valence-electron chi connectivity index (χ3n) is 2.55. The van der Waals surface area contributed by atoms with E-state index in [4.69, 9.17) is 5.73 Å². The molecule has 0 spiro atoms. The van der Waals surface area contributed by atoms with E-state index in [9.17, 15) is 0 Å². The fourth-order valence-electron chi connectivity index (χ4n) is 1.71. The molecule has 2 N–H and O–H groups in total. The summed E-state index contributed by atoms with van der Waals surface area (Å²) in [6, 6.07) is 3.89. The van der Waals surface area contributed by atoms with Crippen LogP contribution in [0.1, 0.15) is 11.4 Å².